The van der Waals surface area contributed by atoms with E-state index in [1.807, 2.05) is 31.2 Å². The second-order valence-corrected chi connectivity index (χ2v) is 6.71. The molecule has 0 N–H and O–H groups in total. The van der Waals surface area contributed by atoms with Gasteiger partial charge in [-0.1, -0.05) is 29.7 Å². The molecule has 1 heterocycles. The summed E-state index contributed by atoms with van der Waals surface area (Å²) in [4.78, 5) is 12.0. The molecule has 0 aliphatic rings. The molecule has 0 bridgehead atoms. The lowest BCUT2D eigenvalue weighted by Crippen LogP contribution is -2.05. The second-order valence-electron chi connectivity index (χ2n) is 5.78. The maximum Gasteiger partial charge on any atom is 0.339 e. The summed E-state index contributed by atoms with van der Waals surface area (Å²) < 4.78 is 21.3. The third kappa shape index (κ3) is 6.03. The maximum atomic E-state index is 12.0. The SMILES string of the molecule is CCOc1ccc(-c2nnc(SCC#CCOC(=O)c3cccc(OC)c3)o2)cc1. The van der Waals surface area contributed by atoms with Crippen molar-refractivity contribution in [3.63, 3.8) is 0 Å². The van der Waals surface area contributed by atoms with Crippen molar-refractivity contribution in [2.75, 3.05) is 26.1 Å². The van der Waals surface area contributed by atoms with Gasteiger partial charge >= 0.3 is 5.97 Å². The van der Waals surface area contributed by atoms with Crippen molar-refractivity contribution in [3.8, 4) is 34.8 Å². The molecule has 0 saturated carbocycles. The smallest absolute Gasteiger partial charge is 0.339 e. The Kier molecular flexibility index (Phi) is 7.75. The summed E-state index contributed by atoms with van der Waals surface area (Å²) >= 11 is 1.31. The van der Waals surface area contributed by atoms with E-state index in [4.69, 9.17) is 18.6 Å². The predicted molar refractivity (Wildman–Crippen MR) is 113 cm³/mol. The lowest BCUT2D eigenvalue weighted by molar-refractivity contribution is 0.0556. The molecule has 7 nitrogen and oxygen atoms in total. The number of rotatable bonds is 8. The van der Waals surface area contributed by atoms with E-state index in [1.54, 1.807) is 24.3 Å². The van der Waals surface area contributed by atoms with Crippen LogP contribution in [0.5, 0.6) is 11.5 Å². The Hall–Kier alpha value is -3.44. The lowest BCUT2D eigenvalue weighted by atomic mass is 10.2. The molecular formula is C22H20N2O5S. The monoisotopic (exact) mass is 424 g/mol. The van der Waals surface area contributed by atoms with Gasteiger partial charge in [-0.2, -0.15) is 0 Å². The molecule has 0 fully saturated rings. The first kappa shape index (κ1) is 21.3. The van der Waals surface area contributed by atoms with Gasteiger partial charge in [0, 0.05) is 5.56 Å². The zero-order valence-electron chi connectivity index (χ0n) is 16.6. The number of thioether (sulfide) groups is 1. The fourth-order valence-electron chi connectivity index (χ4n) is 2.38. The van der Waals surface area contributed by atoms with Crippen LogP contribution in [0.4, 0.5) is 0 Å². The van der Waals surface area contributed by atoms with Crippen molar-refractivity contribution in [2.24, 2.45) is 0 Å². The van der Waals surface area contributed by atoms with Crippen LogP contribution in [-0.4, -0.2) is 42.2 Å². The summed E-state index contributed by atoms with van der Waals surface area (Å²) in [5.74, 6) is 7.49. The minimum Gasteiger partial charge on any atom is -0.497 e. The number of aromatic nitrogens is 2. The minimum atomic E-state index is -0.451. The number of hydrogen-bond donors (Lipinski definition) is 0. The third-order valence-electron chi connectivity index (χ3n) is 3.79. The van der Waals surface area contributed by atoms with Crippen molar-refractivity contribution in [3.05, 3.63) is 54.1 Å². The fraction of sp³-hybridized carbons (Fsp3) is 0.227. The first-order chi connectivity index (χ1) is 14.7. The summed E-state index contributed by atoms with van der Waals surface area (Å²) in [6.45, 7) is 2.54. The Labute approximate surface area is 178 Å². The molecule has 3 rings (SSSR count). The van der Waals surface area contributed by atoms with Crippen LogP contribution in [0.15, 0.2) is 58.2 Å². The summed E-state index contributed by atoms with van der Waals surface area (Å²) in [6, 6.07) is 14.2. The topological polar surface area (TPSA) is 83.7 Å². The first-order valence-corrected chi connectivity index (χ1v) is 10.1. The van der Waals surface area contributed by atoms with Gasteiger partial charge in [-0.15, -0.1) is 10.2 Å². The largest absolute Gasteiger partial charge is 0.497 e. The number of carbonyl (C=O) groups excluding carboxylic acids is 1. The van der Waals surface area contributed by atoms with E-state index in [2.05, 4.69) is 22.0 Å². The molecule has 154 valence electrons. The molecule has 0 unspecified atom stereocenters. The van der Waals surface area contributed by atoms with Crippen LogP contribution in [-0.2, 0) is 4.74 Å². The van der Waals surface area contributed by atoms with Crippen molar-refractivity contribution in [1.29, 1.82) is 0 Å². The molecule has 8 heteroatoms. The van der Waals surface area contributed by atoms with Crippen LogP contribution in [0.2, 0.25) is 0 Å². The maximum absolute atomic E-state index is 12.0. The number of nitrogens with zero attached hydrogens (tertiary/aromatic N) is 2. The summed E-state index contributed by atoms with van der Waals surface area (Å²) in [7, 11) is 1.54. The van der Waals surface area contributed by atoms with Gasteiger partial charge in [0.15, 0.2) is 6.61 Å². The molecule has 3 aromatic rings. The molecule has 0 aliphatic heterocycles. The zero-order valence-corrected chi connectivity index (χ0v) is 17.4. The Balaban J connectivity index is 1.44. The molecule has 0 spiro atoms. The number of esters is 1. The van der Waals surface area contributed by atoms with Gasteiger partial charge in [0.1, 0.15) is 11.5 Å². The summed E-state index contributed by atoms with van der Waals surface area (Å²) in [5, 5.41) is 8.46. The van der Waals surface area contributed by atoms with Gasteiger partial charge in [-0.05, 0) is 49.4 Å². The van der Waals surface area contributed by atoms with E-state index >= 15 is 0 Å². The van der Waals surface area contributed by atoms with E-state index in [0.29, 0.717) is 34.8 Å². The van der Waals surface area contributed by atoms with Gasteiger partial charge in [0.25, 0.3) is 5.22 Å². The van der Waals surface area contributed by atoms with E-state index in [-0.39, 0.29) is 6.61 Å². The van der Waals surface area contributed by atoms with Crippen LogP contribution in [0.25, 0.3) is 11.5 Å². The molecule has 2 aromatic carbocycles. The van der Waals surface area contributed by atoms with Crippen molar-refractivity contribution < 1.29 is 23.4 Å². The van der Waals surface area contributed by atoms with Gasteiger partial charge in [0.05, 0.1) is 25.0 Å². The molecule has 0 saturated heterocycles. The van der Waals surface area contributed by atoms with Crippen molar-refractivity contribution in [2.45, 2.75) is 12.1 Å². The van der Waals surface area contributed by atoms with Crippen molar-refractivity contribution >= 4 is 17.7 Å². The number of ether oxygens (including phenoxy) is 3. The van der Waals surface area contributed by atoms with Crippen LogP contribution in [0.3, 0.4) is 0 Å². The average Bonchev–Trinajstić information content (AvgIpc) is 3.25. The van der Waals surface area contributed by atoms with Gasteiger partial charge < -0.3 is 18.6 Å². The van der Waals surface area contributed by atoms with E-state index in [0.717, 1.165) is 11.3 Å². The highest BCUT2D eigenvalue weighted by Crippen LogP contribution is 2.24. The predicted octanol–water partition coefficient (Wildman–Crippen LogP) is 4.10. The normalized spacial score (nSPS) is 10.1. The highest BCUT2D eigenvalue weighted by atomic mass is 32.2. The lowest BCUT2D eigenvalue weighted by Gasteiger charge is -2.03. The second kappa shape index (κ2) is 10.9. The van der Waals surface area contributed by atoms with Gasteiger partial charge in [0.2, 0.25) is 5.89 Å². The number of benzene rings is 2. The van der Waals surface area contributed by atoms with Crippen LogP contribution >= 0.6 is 11.8 Å². The quantitative estimate of drug-likeness (QED) is 0.304. The molecule has 30 heavy (non-hydrogen) atoms. The number of hydrogen-bond acceptors (Lipinski definition) is 8. The zero-order chi connectivity index (χ0) is 21.2. The summed E-state index contributed by atoms with van der Waals surface area (Å²) in [5.41, 5.74) is 1.23. The van der Waals surface area contributed by atoms with Crippen LogP contribution in [0.1, 0.15) is 17.3 Å². The van der Waals surface area contributed by atoms with E-state index in [9.17, 15) is 4.79 Å². The number of methoxy groups -OCH3 is 1. The average molecular weight is 424 g/mol. The molecular weight excluding hydrogens is 404 g/mol. The third-order valence-corrected chi connectivity index (χ3v) is 4.49. The molecule has 0 aliphatic carbocycles. The van der Waals surface area contributed by atoms with E-state index < -0.39 is 5.97 Å². The Morgan fingerprint density at radius 3 is 2.70 bits per heavy atom. The standard InChI is InChI=1S/C22H20N2O5S/c1-3-27-18-11-9-16(10-12-18)20-23-24-22(29-20)30-14-5-4-13-28-21(25)17-7-6-8-19(15-17)26-2/h6-12,15H,3,13-14H2,1-2H3. The van der Waals surface area contributed by atoms with Gasteiger partial charge in [-0.25, -0.2) is 4.79 Å². The highest BCUT2D eigenvalue weighted by molar-refractivity contribution is 7.99. The highest BCUT2D eigenvalue weighted by Gasteiger charge is 2.09. The summed E-state index contributed by atoms with van der Waals surface area (Å²) in [6.07, 6.45) is 0. The van der Waals surface area contributed by atoms with Gasteiger partial charge in [-0.3, -0.25) is 0 Å². The van der Waals surface area contributed by atoms with E-state index in [1.165, 1.54) is 18.9 Å². The minimum absolute atomic E-state index is 0.00212. The Morgan fingerprint density at radius 2 is 1.93 bits per heavy atom. The molecule has 1 aromatic heterocycles. The molecule has 0 atom stereocenters. The molecule has 0 amide bonds. The molecule has 0 radical (unpaired) electrons. The number of carbonyl (C=O) groups is 1. The Morgan fingerprint density at radius 1 is 1.10 bits per heavy atom. The van der Waals surface area contributed by atoms with Crippen LogP contribution in [0, 0.1) is 11.8 Å². The fourth-order valence-corrected chi connectivity index (χ4v) is 2.91. The van der Waals surface area contributed by atoms with Crippen LogP contribution < -0.4 is 9.47 Å². The Bertz CT molecular complexity index is 1040. The first-order valence-electron chi connectivity index (χ1n) is 9.16. The van der Waals surface area contributed by atoms with Crippen molar-refractivity contribution in [1.82, 2.24) is 10.2 Å².